The van der Waals surface area contributed by atoms with Crippen LogP contribution >= 0.6 is 0 Å². The summed E-state index contributed by atoms with van der Waals surface area (Å²) < 4.78 is 2.04. The number of aromatic nitrogens is 4. The lowest BCUT2D eigenvalue weighted by Gasteiger charge is -2.31. The van der Waals surface area contributed by atoms with Crippen LogP contribution in [0.3, 0.4) is 0 Å². The molecule has 0 saturated carbocycles. The van der Waals surface area contributed by atoms with E-state index >= 15 is 0 Å². The largest absolute Gasteiger partial charge is 0.342 e. The van der Waals surface area contributed by atoms with Crippen molar-refractivity contribution in [3.05, 3.63) is 29.6 Å². The SMILES string of the molecule is CC(=O)N1CCC[C@H](c2nc(C)cc(-c3cnc(C)n3C)n2)C1. The minimum absolute atomic E-state index is 0.129. The molecule has 1 fully saturated rings. The van der Waals surface area contributed by atoms with Crippen molar-refractivity contribution in [3.8, 4) is 11.4 Å². The molecule has 1 saturated heterocycles. The first-order valence-corrected chi connectivity index (χ1v) is 8.05. The second-order valence-corrected chi connectivity index (χ2v) is 6.31. The summed E-state index contributed by atoms with van der Waals surface area (Å²) in [6, 6.07) is 1.99. The van der Waals surface area contributed by atoms with Crippen LogP contribution in [-0.4, -0.2) is 43.4 Å². The van der Waals surface area contributed by atoms with Gasteiger partial charge in [0.1, 0.15) is 11.6 Å². The Bertz CT molecular complexity index is 737. The number of nitrogens with zero attached hydrogens (tertiary/aromatic N) is 5. The van der Waals surface area contributed by atoms with Crippen molar-refractivity contribution in [2.45, 2.75) is 39.5 Å². The van der Waals surface area contributed by atoms with Gasteiger partial charge in [-0.25, -0.2) is 15.0 Å². The molecule has 2 aromatic heterocycles. The van der Waals surface area contributed by atoms with E-state index in [1.165, 1.54) is 0 Å². The maximum atomic E-state index is 11.7. The summed E-state index contributed by atoms with van der Waals surface area (Å²) in [5.74, 6) is 2.13. The summed E-state index contributed by atoms with van der Waals surface area (Å²) in [7, 11) is 1.99. The summed E-state index contributed by atoms with van der Waals surface area (Å²) in [4.78, 5) is 27.3. The molecule has 2 aromatic rings. The number of carbonyl (C=O) groups excluding carboxylic acids is 1. The van der Waals surface area contributed by atoms with Crippen molar-refractivity contribution in [2.75, 3.05) is 13.1 Å². The predicted octanol–water partition coefficient (Wildman–Crippen LogP) is 2.22. The standard InChI is InChI=1S/C17H23N5O/c1-11-8-15(16-9-18-12(2)21(16)4)20-17(19-11)14-6-5-7-22(10-14)13(3)23/h8-9,14H,5-7,10H2,1-4H3/t14-/m0/s1. The zero-order chi connectivity index (χ0) is 16.6. The monoisotopic (exact) mass is 313 g/mol. The molecule has 0 radical (unpaired) electrons. The number of aryl methyl sites for hydroxylation is 2. The third kappa shape index (κ3) is 3.11. The fourth-order valence-electron chi connectivity index (χ4n) is 3.12. The maximum Gasteiger partial charge on any atom is 0.219 e. The number of piperidine rings is 1. The van der Waals surface area contributed by atoms with Gasteiger partial charge in [0, 0.05) is 38.7 Å². The molecule has 1 atom stereocenters. The van der Waals surface area contributed by atoms with Gasteiger partial charge < -0.3 is 9.47 Å². The Morgan fingerprint density at radius 1 is 1.30 bits per heavy atom. The van der Waals surface area contributed by atoms with Crippen molar-refractivity contribution in [3.63, 3.8) is 0 Å². The molecule has 3 rings (SSSR count). The lowest BCUT2D eigenvalue weighted by Crippen LogP contribution is -2.38. The molecule has 6 nitrogen and oxygen atoms in total. The first-order chi connectivity index (χ1) is 11.0. The van der Waals surface area contributed by atoms with Gasteiger partial charge >= 0.3 is 0 Å². The molecule has 0 unspecified atom stereocenters. The molecule has 1 aliphatic rings. The highest BCUT2D eigenvalue weighted by Crippen LogP contribution is 2.27. The summed E-state index contributed by atoms with van der Waals surface area (Å²) in [6.07, 6.45) is 3.88. The van der Waals surface area contributed by atoms with E-state index in [2.05, 4.69) is 9.97 Å². The average molecular weight is 313 g/mol. The minimum atomic E-state index is 0.129. The lowest BCUT2D eigenvalue weighted by molar-refractivity contribution is -0.130. The minimum Gasteiger partial charge on any atom is -0.342 e. The van der Waals surface area contributed by atoms with Crippen molar-refractivity contribution in [1.82, 2.24) is 24.4 Å². The summed E-state index contributed by atoms with van der Waals surface area (Å²) in [5, 5.41) is 0. The quantitative estimate of drug-likeness (QED) is 0.853. The molecular weight excluding hydrogens is 290 g/mol. The number of likely N-dealkylation sites (tertiary alicyclic amines) is 1. The molecule has 0 spiro atoms. The van der Waals surface area contributed by atoms with Gasteiger partial charge in [0.05, 0.1) is 17.6 Å². The van der Waals surface area contributed by atoms with E-state index in [1.807, 2.05) is 42.6 Å². The van der Waals surface area contributed by atoms with Gasteiger partial charge in [-0.3, -0.25) is 4.79 Å². The summed E-state index contributed by atoms with van der Waals surface area (Å²) in [5.41, 5.74) is 2.84. The molecule has 0 aliphatic carbocycles. The van der Waals surface area contributed by atoms with E-state index in [0.29, 0.717) is 6.54 Å². The Morgan fingerprint density at radius 3 is 2.74 bits per heavy atom. The van der Waals surface area contributed by atoms with E-state index in [9.17, 15) is 4.79 Å². The molecule has 122 valence electrons. The van der Waals surface area contributed by atoms with Crippen molar-refractivity contribution in [2.24, 2.45) is 7.05 Å². The number of hydrogen-bond acceptors (Lipinski definition) is 4. The first-order valence-electron chi connectivity index (χ1n) is 8.05. The van der Waals surface area contributed by atoms with Crippen molar-refractivity contribution < 1.29 is 4.79 Å². The second-order valence-electron chi connectivity index (χ2n) is 6.31. The zero-order valence-corrected chi connectivity index (χ0v) is 14.2. The molecule has 0 aromatic carbocycles. The van der Waals surface area contributed by atoms with Gasteiger partial charge in [0.15, 0.2) is 0 Å². The topological polar surface area (TPSA) is 63.9 Å². The molecule has 1 amide bonds. The Hall–Kier alpha value is -2.24. The van der Waals surface area contributed by atoms with Crippen molar-refractivity contribution in [1.29, 1.82) is 0 Å². The highest BCUT2D eigenvalue weighted by Gasteiger charge is 2.25. The Labute approximate surface area is 136 Å². The van der Waals surface area contributed by atoms with Crippen LogP contribution in [0.4, 0.5) is 0 Å². The summed E-state index contributed by atoms with van der Waals surface area (Å²) >= 11 is 0. The lowest BCUT2D eigenvalue weighted by atomic mass is 9.97. The van der Waals surface area contributed by atoms with E-state index in [1.54, 1.807) is 6.92 Å². The third-order valence-corrected chi connectivity index (χ3v) is 4.59. The number of hydrogen-bond donors (Lipinski definition) is 0. The van der Waals surface area contributed by atoms with E-state index in [-0.39, 0.29) is 11.8 Å². The maximum absolute atomic E-state index is 11.7. The second kappa shape index (κ2) is 6.10. The molecule has 0 bridgehead atoms. The fraction of sp³-hybridized carbons (Fsp3) is 0.529. The molecule has 6 heteroatoms. The van der Waals surface area contributed by atoms with Gasteiger partial charge in [-0.05, 0) is 32.8 Å². The van der Waals surface area contributed by atoms with Crippen LogP contribution in [0.5, 0.6) is 0 Å². The number of imidazole rings is 1. The normalized spacial score (nSPS) is 18.3. The summed E-state index contributed by atoms with van der Waals surface area (Å²) in [6.45, 7) is 7.14. The Morgan fingerprint density at radius 2 is 2.09 bits per heavy atom. The fourth-order valence-corrected chi connectivity index (χ4v) is 3.12. The molecule has 0 N–H and O–H groups in total. The third-order valence-electron chi connectivity index (χ3n) is 4.59. The molecule has 23 heavy (non-hydrogen) atoms. The van der Waals surface area contributed by atoms with Gasteiger partial charge in [0.25, 0.3) is 0 Å². The highest BCUT2D eigenvalue weighted by molar-refractivity contribution is 5.73. The molecular formula is C17H23N5O. The van der Waals surface area contributed by atoms with Gasteiger partial charge in [-0.1, -0.05) is 0 Å². The van der Waals surface area contributed by atoms with Gasteiger partial charge in [-0.2, -0.15) is 0 Å². The average Bonchev–Trinajstić information content (AvgIpc) is 2.86. The highest BCUT2D eigenvalue weighted by atomic mass is 16.2. The zero-order valence-electron chi connectivity index (χ0n) is 14.2. The van der Waals surface area contributed by atoms with Crippen LogP contribution in [-0.2, 0) is 11.8 Å². The Balaban J connectivity index is 1.94. The van der Waals surface area contributed by atoms with Crippen LogP contribution in [0.2, 0.25) is 0 Å². The van der Waals surface area contributed by atoms with Crippen LogP contribution in [0.25, 0.3) is 11.4 Å². The van der Waals surface area contributed by atoms with Crippen LogP contribution in [0, 0.1) is 13.8 Å². The van der Waals surface area contributed by atoms with Crippen molar-refractivity contribution >= 4 is 5.91 Å². The number of rotatable bonds is 2. The van der Waals surface area contributed by atoms with Crippen LogP contribution < -0.4 is 0 Å². The van der Waals surface area contributed by atoms with E-state index < -0.39 is 0 Å². The molecule has 3 heterocycles. The van der Waals surface area contributed by atoms with Crippen LogP contribution in [0.1, 0.15) is 43.0 Å². The first kappa shape index (κ1) is 15.6. The predicted molar refractivity (Wildman–Crippen MR) is 87.9 cm³/mol. The van der Waals surface area contributed by atoms with E-state index in [4.69, 9.17) is 4.98 Å². The van der Waals surface area contributed by atoms with E-state index in [0.717, 1.165) is 48.1 Å². The smallest absolute Gasteiger partial charge is 0.219 e. The molecule has 1 aliphatic heterocycles. The van der Waals surface area contributed by atoms with Crippen LogP contribution in [0.15, 0.2) is 12.3 Å². The number of amides is 1. The van der Waals surface area contributed by atoms with Gasteiger partial charge in [0.2, 0.25) is 5.91 Å². The van der Waals surface area contributed by atoms with Gasteiger partial charge in [-0.15, -0.1) is 0 Å². The number of carbonyl (C=O) groups is 1. The Kier molecular flexibility index (Phi) is 4.15.